The van der Waals surface area contributed by atoms with Crippen LogP contribution >= 0.6 is 15.9 Å². The normalized spacial score (nSPS) is 14.8. The Morgan fingerprint density at radius 1 is 1.00 bits per heavy atom. The van der Waals surface area contributed by atoms with E-state index < -0.39 is 0 Å². The molecule has 0 heterocycles. The van der Waals surface area contributed by atoms with E-state index >= 15 is 0 Å². The van der Waals surface area contributed by atoms with Gasteiger partial charge >= 0.3 is 0 Å². The van der Waals surface area contributed by atoms with Crippen molar-refractivity contribution in [1.82, 2.24) is 0 Å². The lowest BCUT2D eigenvalue weighted by Gasteiger charge is -2.13. The summed E-state index contributed by atoms with van der Waals surface area (Å²) in [4.78, 5) is 12.1. The van der Waals surface area contributed by atoms with Crippen molar-refractivity contribution >= 4 is 27.5 Å². The van der Waals surface area contributed by atoms with E-state index in [-0.39, 0.29) is 5.91 Å². The molecule has 2 aromatic rings. The van der Waals surface area contributed by atoms with Gasteiger partial charge < -0.3 is 10.1 Å². The van der Waals surface area contributed by atoms with E-state index in [1.807, 2.05) is 36.4 Å². The van der Waals surface area contributed by atoms with Gasteiger partial charge in [-0.25, -0.2) is 0 Å². The summed E-state index contributed by atoms with van der Waals surface area (Å²) in [6.07, 6.45) is 5.14. The number of rotatable bonds is 4. The highest BCUT2D eigenvalue weighted by atomic mass is 79.9. The first kappa shape index (κ1) is 15.1. The zero-order valence-corrected chi connectivity index (χ0v) is 13.8. The second kappa shape index (κ2) is 6.97. The van der Waals surface area contributed by atoms with Crippen molar-refractivity contribution in [3.05, 3.63) is 58.6 Å². The molecule has 114 valence electrons. The number of halogens is 1. The van der Waals surface area contributed by atoms with E-state index in [0.29, 0.717) is 11.7 Å². The van der Waals surface area contributed by atoms with Crippen LogP contribution in [0.2, 0.25) is 0 Å². The molecule has 0 aliphatic heterocycles. The minimum absolute atomic E-state index is 0.114. The molecule has 22 heavy (non-hydrogen) atoms. The smallest absolute Gasteiger partial charge is 0.255 e. The second-order valence-corrected chi connectivity index (χ2v) is 6.43. The number of anilines is 1. The van der Waals surface area contributed by atoms with Crippen LogP contribution < -0.4 is 10.1 Å². The molecule has 0 saturated heterocycles. The predicted molar refractivity (Wildman–Crippen MR) is 91.4 cm³/mol. The summed E-state index contributed by atoms with van der Waals surface area (Å²) in [6.45, 7) is 0. The summed E-state index contributed by atoms with van der Waals surface area (Å²) in [6, 6.07) is 14.9. The van der Waals surface area contributed by atoms with Crippen LogP contribution in [0.4, 0.5) is 5.69 Å². The minimum Gasteiger partial charge on any atom is -0.490 e. The van der Waals surface area contributed by atoms with Crippen molar-refractivity contribution in [3.8, 4) is 5.75 Å². The molecule has 3 rings (SSSR count). The lowest BCUT2D eigenvalue weighted by molar-refractivity contribution is 0.102. The molecule has 1 N–H and O–H groups in total. The van der Waals surface area contributed by atoms with Gasteiger partial charge in [0.2, 0.25) is 0 Å². The van der Waals surface area contributed by atoms with Crippen molar-refractivity contribution < 1.29 is 9.53 Å². The lowest BCUT2D eigenvalue weighted by Crippen LogP contribution is -2.12. The van der Waals surface area contributed by atoms with Crippen molar-refractivity contribution in [2.45, 2.75) is 31.8 Å². The number of amides is 1. The Morgan fingerprint density at radius 3 is 2.27 bits per heavy atom. The van der Waals surface area contributed by atoms with Gasteiger partial charge in [0.25, 0.3) is 5.91 Å². The van der Waals surface area contributed by atoms with Gasteiger partial charge in [-0.2, -0.15) is 0 Å². The van der Waals surface area contributed by atoms with Crippen LogP contribution in [0, 0.1) is 0 Å². The molecule has 0 atom stereocenters. The molecule has 4 heteroatoms. The molecule has 1 aliphatic rings. The fourth-order valence-electron chi connectivity index (χ4n) is 2.62. The first-order chi connectivity index (χ1) is 10.7. The molecular formula is C18H18BrNO2. The van der Waals surface area contributed by atoms with Crippen molar-refractivity contribution in [3.63, 3.8) is 0 Å². The van der Waals surface area contributed by atoms with Crippen LogP contribution in [-0.4, -0.2) is 12.0 Å². The molecular weight excluding hydrogens is 342 g/mol. The Bertz CT molecular complexity index is 631. The van der Waals surface area contributed by atoms with Gasteiger partial charge in [0.1, 0.15) is 5.75 Å². The highest BCUT2D eigenvalue weighted by molar-refractivity contribution is 9.10. The fraction of sp³-hybridized carbons (Fsp3) is 0.278. The predicted octanol–water partition coefficient (Wildman–Crippen LogP) is 5.02. The van der Waals surface area contributed by atoms with Gasteiger partial charge in [-0.3, -0.25) is 4.79 Å². The summed E-state index contributed by atoms with van der Waals surface area (Å²) >= 11 is 3.36. The standard InChI is InChI=1S/C18H18BrNO2/c19-14-7-5-13(6-8-14)18(21)20-15-9-11-17(12-10-15)22-16-3-1-2-4-16/h5-12,16H,1-4H2,(H,20,21). The summed E-state index contributed by atoms with van der Waals surface area (Å²) in [7, 11) is 0. The number of benzene rings is 2. The largest absolute Gasteiger partial charge is 0.490 e. The van der Waals surface area contributed by atoms with E-state index in [1.165, 1.54) is 12.8 Å². The molecule has 0 spiro atoms. The van der Waals surface area contributed by atoms with Gasteiger partial charge in [-0.15, -0.1) is 0 Å². The number of hydrogen-bond acceptors (Lipinski definition) is 2. The summed E-state index contributed by atoms with van der Waals surface area (Å²) < 4.78 is 6.87. The summed E-state index contributed by atoms with van der Waals surface area (Å²) in [5.41, 5.74) is 1.40. The minimum atomic E-state index is -0.114. The quantitative estimate of drug-likeness (QED) is 0.831. The third-order valence-electron chi connectivity index (χ3n) is 3.82. The highest BCUT2D eigenvalue weighted by Gasteiger charge is 2.16. The van der Waals surface area contributed by atoms with Gasteiger partial charge in [0.15, 0.2) is 0 Å². The Hall–Kier alpha value is -1.81. The van der Waals surface area contributed by atoms with Crippen molar-refractivity contribution in [1.29, 1.82) is 0 Å². The molecule has 0 unspecified atom stereocenters. The third kappa shape index (κ3) is 3.89. The molecule has 1 saturated carbocycles. The number of ether oxygens (including phenoxy) is 1. The Labute approximate surface area is 138 Å². The molecule has 0 radical (unpaired) electrons. The van der Waals surface area contributed by atoms with Crippen molar-refractivity contribution in [2.75, 3.05) is 5.32 Å². The third-order valence-corrected chi connectivity index (χ3v) is 4.35. The number of hydrogen-bond donors (Lipinski definition) is 1. The van der Waals surface area contributed by atoms with E-state index in [9.17, 15) is 4.79 Å². The average Bonchev–Trinajstić information content (AvgIpc) is 3.03. The second-order valence-electron chi connectivity index (χ2n) is 5.51. The van der Waals surface area contributed by atoms with Crippen LogP contribution in [0.5, 0.6) is 5.75 Å². The van der Waals surface area contributed by atoms with Crippen molar-refractivity contribution in [2.24, 2.45) is 0 Å². The maximum Gasteiger partial charge on any atom is 0.255 e. The van der Waals surface area contributed by atoms with E-state index in [2.05, 4.69) is 21.2 Å². The molecule has 2 aromatic carbocycles. The first-order valence-electron chi connectivity index (χ1n) is 7.54. The molecule has 0 bridgehead atoms. The molecule has 3 nitrogen and oxygen atoms in total. The highest BCUT2D eigenvalue weighted by Crippen LogP contribution is 2.25. The number of carbonyl (C=O) groups excluding carboxylic acids is 1. The van der Waals surface area contributed by atoms with Gasteiger partial charge in [0, 0.05) is 15.7 Å². The Balaban J connectivity index is 1.60. The average molecular weight is 360 g/mol. The lowest BCUT2D eigenvalue weighted by atomic mass is 10.2. The number of carbonyl (C=O) groups is 1. The Morgan fingerprint density at radius 2 is 1.64 bits per heavy atom. The molecule has 1 fully saturated rings. The van der Waals surface area contributed by atoms with Crippen LogP contribution in [0.3, 0.4) is 0 Å². The SMILES string of the molecule is O=C(Nc1ccc(OC2CCCC2)cc1)c1ccc(Br)cc1. The van der Waals surface area contributed by atoms with Gasteiger partial charge in [-0.1, -0.05) is 15.9 Å². The molecule has 1 amide bonds. The Kier molecular flexibility index (Phi) is 4.78. The van der Waals surface area contributed by atoms with Gasteiger partial charge in [0.05, 0.1) is 6.10 Å². The summed E-state index contributed by atoms with van der Waals surface area (Å²) in [5.74, 6) is 0.755. The van der Waals surface area contributed by atoms with E-state index in [4.69, 9.17) is 4.74 Å². The molecule has 0 aromatic heterocycles. The van der Waals surface area contributed by atoms with E-state index in [0.717, 1.165) is 28.8 Å². The maximum atomic E-state index is 12.1. The van der Waals surface area contributed by atoms with E-state index in [1.54, 1.807) is 12.1 Å². The number of nitrogens with one attached hydrogen (secondary N) is 1. The van der Waals surface area contributed by atoms with Gasteiger partial charge in [-0.05, 0) is 74.2 Å². The first-order valence-corrected chi connectivity index (χ1v) is 8.34. The topological polar surface area (TPSA) is 38.3 Å². The monoisotopic (exact) mass is 359 g/mol. The zero-order valence-electron chi connectivity index (χ0n) is 12.2. The van der Waals surface area contributed by atoms with Crippen LogP contribution in [0.15, 0.2) is 53.0 Å². The summed E-state index contributed by atoms with van der Waals surface area (Å²) in [5, 5.41) is 2.89. The maximum absolute atomic E-state index is 12.1. The zero-order chi connectivity index (χ0) is 15.4. The van der Waals surface area contributed by atoms with Crippen LogP contribution in [-0.2, 0) is 0 Å². The van der Waals surface area contributed by atoms with Crippen LogP contribution in [0.25, 0.3) is 0 Å². The van der Waals surface area contributed by atoms with Crippen LogP contribution in [0.1, 0.15) is 36.0 Å². The fourth-order valence-corrected chi connectivity index (χ4v) is 2.88. The molecule has 1 aliphatic carbocycles.